The molecule has 0 radical (unpaired) electrons. The van der Waals surface area contributed by atoms with Crippen molar-refractivity contribution < 1.29 is 4.74 Å². The van der Waals surface area contributed by atoms with Gasteiger partial charge in [0.2, 0.25) is 0 Å². The highest BCUT2D eigenvalue weighted by Crippen LogP contribution is 2.01. The number of ether oxygens (including phenoxy) is 1. The first-order chi connectivity index (χ1) is 7.22. The number of nitrogens with zero attached hydrogens (tertiary/aromatic N) is 1. The van der Waals surface area contributed by atoms with Crippen molar-refractivity contribution in [3.05, 3.63) is 47.7 Å². The van der Waals surface area contributed by atoms with Crippen LogP contribution in [0.2, 0.25) is 0 Å². The monoisotopic (exact) mass is 203 g/mol. The third-order valence-corrected chi connectivity index (χ3v) is 2.09. The average Bonchev–Trinajstić information content (AvgIpc) is 2.27. The van der Waals surface area contributed by atoms with E-state index in [2.05, 4.69) is 17.1 Å². The molecule has 0 amide bonds. The highest BCUT2D eigenvalue weighted by atomic mass is 16.5. The number of aliphatic imine (C=N–C) groups is 1. The second kappa shape index (κ2) is 6.02. The zero-order chi connectivity index (χ0) is 11.1. The summed E-state index contributed by atoms with van der Waals surface area (Å²) in [5.41, 5.74) is 2.21. The van der Waals surface area contributed by atoms with Gasteiger partial charge in [-0.1, -0.05) is 30.3 Å². The number of methoxy groups -OCH3 is 1. The molecule has 0 saturated carbocycles. The van der Waals surface area contributed by atoms with E-state index >= 15 is 0 Å². The number of allylic oxidation sites excluding steroid dienone is 2. The maximum atomic E-state index is 5.05. The van der Waals surface area contributed by atoms with Crippen LogP contribution >= 0.6 is 0 Å². The lowest BCUT2D eigenvalue weighted by molar-refractivity contribution is 0.294. The molecule has 0 bridgehead atoms. The van der Waals surface area contributed by atoms with E-state index in [9.17, 15) is 0 Å². The minimum Gasteiger partial charge on any atom is -0.501 e. The molecule has 15 heavy (non-hydrogen) atoms. The largest absolute Gasteiger partial charge is 0.501 e. The fraction of sp³-hybridized carbons (Fsp3) is 0.308. The fourth-order valence-corrected chi connectivity index (χ4v) is 1.20. The Morgan fingerprint density at radius 3 is 2.53 bits per heavy atom. The van der Waals surface area contributed by atoms with Gasteiger partial charge in [0, 0.05) is 5.71 Å². The van der Waals surface area contributed by atoms with Crippen molar-refractivity contribution in [2.75, 3.05) is 7.11 Å². The van der Waals surface area contributed by atoms with Crippen LogP contribution in [0, 0.1) is 0 Å². The zero-order valence-electron chi connectivity index (χ0n) is 9.53. The number of benzene rings is 1. The standard InChI is InChI=1S/C13H17NO/c1-11(9-12(2)15-3)14-10-13-7-5-4-6-8-13/h4-9H,10H2,1-3H3/b12-9+,14-11?. The van der Waals surface area contributed by atoms with E-state index in [1.54, 1.807) is 7.11 Å². The van der Waals surface area contributed by atoms with E-state index < -0.39 is 0 Å². The Kier molecular flexibility index (Phi) is 4.61. The van der Waals surface area contributed by atoms with Crippen molar-refractivity contribution in [2.24, 2.45) is 4.99 Å². The Morgan fingerprint density at radius 2 is 1.93 bits per heavy atom. The molecular weight excluding hydrogens is 186 g/mol. The van der Waals surface area contributed by atoms with Gasteiger partial charge < -0.3 is 4.74 Å². The molecule has 0 N–H and O–H groups in total. The summed E-state index contributed by atoms with van der Waals surface area (Å²) in [6, 6.07) is 10.2. The number of hydrogen-bond donors (Lipinski definition) is 0. The van der Waals surface area contributed by atoms with Crippen LogP contribution in [0.25, 0.3) is 0 Å². The second-order valence-electron chi connectivity index (χ2n) is 3.40. The van der Waals surface area contributed by atoms with E-state index in [0.717, 1.165) is 18.0 Å². The second-order valence-corrected chi connectivity index (χ2v) is 3.40. The first-order valence-corrected chi connectivity index (χ1v) is 4.99. The lowest BCUT2D eigenvalue weighted by Crippen LogP contribution is -1.91. The van der Waals surface area contributed by atoms with Gasteiger partial charge in [-0.05, 0) is 25.5 Å². The van der Waals surface area contributed by atoms with E-state index in [4.69, 9.17) is 4.74 Å². The predicted molar refractivity (Wildman–Crippen MR) is 64.0 cm³/mol. The molecular formula is C13H17NO. The third kappa shape index (κ3) is 4.45. The topological polar surface area (TPSA) is 21.6 Å². The van der Waals surface area contributed by atoms with Gasteiger partial charge in [0.15, 0.2) is 0 Å². The molecule has 2 nitrogen and oxygen atoms in total. The molecule has 0 aliphatic rings. The van der Waals surface area contributed by atoms with Crippen LogP contribution < -0.4 is 0 Å². The summed E-state index contributed by atoms with van der Waals surface area (Å²) in [6.07, 6.45) is 1.93. The average molecular weight is 203 g/mol. The van der Waals surface area contributed by atoms with E-state index in [0.29, 0.717) is 0 Å². The molecule has 0 unspecified atom stereocenters. The Hall–Kier alpha value is -1.57. The third-order valence-electron chi connectivity index (χ3n) is 2.09. The van der Waals surface area contributed by atoms with Gasteiger partial charge in [-0.25, -0.2) is 0 Å². The minimum atomic E-state index is 0.722. The van der Waals surface area contributed by atoms with Crippen LogP contribution in [0.15, 0.2) is 47.2 Å². The fourth-order valence-electron chi connectivity index (χ4n) is 1.20. The van der Waals surface area contributed by atoms with Crippen LogP contribution in [0.1, 0.15) is 19.4 Å². The van der Waals surface area contributed by atoms with Crippen LogP contribution in [0.3, 0.4) is 0 Å². The van der Waals surface area contributed by atoms with Gasteiger partial charge >= 0.3 is 0 Å². The first-order valence-electron chi connectivity index (χ1n) is 4.99. The molecule has 0 aromatic heterocycles. The molecule has 1 rings (SSSR count). The Bertz CT molecular complexity index is 352. The first kappa shape index (κ1) is 11.5. The van der Waals surface area contributed by atoms with Crippen molar-refractivity contribution in [3.8, 4) is 0 Å². The van der Waals surface area contributed by atoms with E-state index in [1.807, 2.05) is 38.1 Å². The molecule has 80 valence electrons. The SMILES string of the molecule is CO/C(C)=C/C(C)=NCc1ccccc1. The van der Waals surface area contributed by atoms with Crippen molar-refractivity contribution >= 4 is 5.71 Å². The maximum Gasteiger partial charge on any atom is 0.0942 e. The number of hydrogen-bond acceptors (Lipinski definition) is 2. The highest BCUT2D eigenvalue weighted by Gasteiger charge is 1.91. The summed E-state index contributed by atoms with van der Waals surface area (Å²) in [7, 11) is 1.66. The summed E-state index contributed by atoms with van der Waals surface area (Å²) in [5.74, 6) is 0.879. The van der Waals surface area contributed by atoms with Crippen LogP contribution in [-0.4, -0.2) is 12.8 Å². The molecule has 0 fully saturated rings. The maximum absolute atomic E-state index is 5.05. The van der Waals surface area contributed by atoms with Gasteiger partial charge in [-0.2, -0.15) is 0 Å². The molecule has 1 aromatic rings. The summed E-state index contributed by atoms with van der Waals surface area (Å²) in [4.78, 5) is 4.44. The molecule has 0 aliphatic carbocycles. The molecule has 0 aliphatic heterocycles. The quantitative estimate of drug-likeness (QED) is 0.544. The van der Waals surface area contributed by atoms with E-state index in [-0.39, 0.29) is 0 Å². The molecule has 0 saturated heterocycles. The predicted octanol–water partition coefficient (Wildman–Crippen LogP) is 3.20. The smallest absolute Gasteiger partial charge is 0.0942 e. The summed E-state index contributed by atoms with van der Waals surface area (Å²) < 4.78 is 5.05. The van der Waals surface area contributed by atoms with Crippen molar-refractivity contribution in [3.63, 3.8) is 0 Å². The number of rotatable bonds is 4. The Balaban J connectivity index is 2.58. The lowest BCUT2D eigenvalue weighted by Gasteiger charge is -1.99. The van der Waals surface area contributed by atoms with E-state index in [1.165, 1.54) is 5.56 Å². The minimum absolute atomic E-state index is 0.722. The van der Waals surface area contributed by atoms with Gasteiger partial charge in [0.05, 0.1) is 19.4 Å². The Morgan fingerprint density at radius 1 is 1.27 bits per heavy atom. The molecule has 0 atom stereocenters. The molecule has 1 aromatic carbocycles. The normalized spacial score (nSPS) is 12.7. The Labute approximate surface area is 91.3 Å². The van der Waals surface area contributed by atoms with Crippen LogP contribution in [-0.2, 0) is 11.3 Å². The van der Waals surface area contributed by atoms with Gasteiger partial charge in [0.1, 0.15) is 0 Å². The molecule has 0 spiro atoms. The van der Waals surface area contributed by atoms with Crippen molar-refractivity contribution in [1.29, 1.82) is 0 Å². The van der Waals surface area contributed by atoms with Gasteiger partial charge in [-0.15, -0.1) is 0 Å². The lowest BCUT2D eigenvalue weighted by atomic mass is 10.2. The van der Waals surface area contributed by atoms with Crippen molar-refractivity contribution in [1.82, 2.24) is 0 Å². The summed E-state index contributed by atoms with van der Waals surface area (Å²) in [5, 5.41) is 0. The molecule has 2 heteroatoms. The highest BCUT2D eigenvalue weighted by molar-refractivity contribution is 5.93. The summed E-state index contributed by atoms with van der Waals surface area (Å²) in [6.45, 7) is 4.62. The van der Waals surface area contributed by atoms with Gasteiger partial charge in [-0.3, -0.25) is 4.99 Å². The summed E-state index contributed by atoms with van der Waals surface area (Å²) >= 11 is 0. The van der Waals surface area contributed by atoms with Crippen LogP contribution in [0.5, 0.6) is 0 Å². The van der Waals surface area contributed by atoms with Crippen molar-refractivity contribution in [2.45, 2.75) is 20.4 Å². The molecule has 0 heterocycles. The van der Waals surface area contributed by atoms with Crippen LogP contribution in [0.4, 0.5) is 0 Å². The zero-order valence-corrected chi connectivity index (χ0v) is 9.53. The van der Waals surface area contributed by atoms with Gasteiger partial charge in [0.25, 0.3) is 0 Å².